The summed E-state index contributed by atoms with van der Waals surface area (Å²) in [5, 5.41) is 8.09. The Balaban J connectivity index is 1.51. The molecule has 1 aliphatic rings. The Morgan fingerprint density at radius 3 is 2.48 bits per heavy atom. The highest BCUT2D eigenvalue weighted by atomic mass is 35.5. The summed E-state index contributed by atoms with van der Waals surface area (Å²) in [6, 6.07) is 19.6. The standard InChI is InChI=1S/C24H22ClN3O3/c1-15(19-9-5-6-10-20(19)25)26-21(29)14-28-22(30)24(2,27-23(28)31)18-12-11-16-7-3-4-8-17(16)13-18/h3-13,15H,14H2,1-2H3,(H,26,29)(H,27,31). The third-order valence-corrected chi connectivity index (χ3v) is 6.00. The maximum atomic E-state index is 13.2. The Morgan fingerprint density at radius 1 is 1.06 bits per heavy atom. The van der Waals surface area contributed by atoms with Crippen molar-refractivity contribution in [1.29, 1.82) is 0 Å². The zero-order chi connectivity index (χ0) is 22.2. The van der Waals surface area contributed by atoms with Crippen LogP contribution in [0.5, 0.6) is 0 Å². The summed E-state index contributed by atoms with van der Waals surface area (Å²) in [5.74, 6) is -0.910. The number of carbonyl (C=O) groups excluding carboxylic acids is 3. The van der Waals surface area contributed by atoms with Crippen molar-refractivity contribution in [1.82, 2.24) is 15.5 Å². The van der Waals surface area contributed by atoms with Gasteiger partial charge in [0, 0.05) is 5.02 Å². The van der Waals surface area contributed by atoms with E-state index in [1.54, 1.807) is 26.0 Å². The second-order valence-corrected chi connectivity index (χ2v) is 8.23. The Morgan fingerprint density at radius 2 is 1.74 bits per heavy atom. The molecular weight excluding hydrogens is 414 g/mol. The molecule has 1 fully saturated rings. The van der Waals surface area contributed by atoms with E-state index in [2.05, 4.69) is 10.6 Å². The molecular formula is C24H22ClN3O3. The first-order chi connectivity index (χ1) is 14.8. The van der Waals surface area contributed by atoms with Gasteiger partial charge in [-0.2, -0.15) is 0 Å². The van der Waals surface area contributed by atoms with Crippen molar-refractivity contribution in [2.45, 2.75) is 25.4 Å². The van der Waals surface area contributed by atoms with Crippen molar-refractivity contribution < 1.29 is 14.4 Å². The molecule has 6 nitrogen and oxygen atoms in total. The first-order valence-corrected chi connectivity index (χ1v) is 10.3. The minimum Gasteiger partial charge on any atom is -0.348 e. The van der Waals surface area contributed by atoms with Crippen LogP contribution < -0.4 is 10.6 Å². The molecule has 2 atom stereocenters. The monoisotopic (exact) mass is 435 g/mol. The van der Waals surface area contributed by atoms with Crippen LogP contribution in [0.25, 0.3) is 10.8 Å². The van der Waals surface area contributed by atoms with E-state index in [9.17, 15) is 14.4 Å². The van der Waals surface area contributed by atoms with E-state index in [1.165, 1.54) is 0 Å². The van der Waals surface area contributed by atoms with E-state index in [4.69, 9.17) is 11.6 Å². The summed E-state index contributed by atoms with van der Waals surface area (Å²) in [6.45, 7) is 3.08. The number of hydrogen-bond donors (Lipinski definition) is 2. The molecule has 0 aliphatic carbocycles. The molecule has 3 aromatic rings. The van der Waals surface area contributed by atoms with Crippen molar-refractivity contribution in [3.63, 3.8) is 0 Å². The van der Waals surface area contributed by atoms with Gasteiger partial charge in [0.2, 0.25) is 5.91 Å². The number of urea groups is 1. The number of halogens is 1. The molecule has 2 unspecified atom stereocenters. The fourth-order valence-electron chi connectivity index (χ4n) is 3.87. The molecule has 1 heterocycles. The molecule has 158 valence electrons. The van der Waals surface area contributed by atoms with Crippen molar-refractivity contribution in [2.24, 2.45) is 0 Å². The number of rotatable bonds is 5. The average Bonchev–Trinajstić information content (AvgIpc) is 2.97. The molecule has 0 radical (unpaired) electrons. The van der Waals surface area contributed by atoms with Crippen LogP contribution in [-0.2, 0) is 15.1 Å². The lowest BCUT2D eigenvalue weighted by Gasteiger charge is -2.23. The quantitative estimate of drug-likeness (QED) is 0.591. The molecule has 2 N–H and O–H groups in total. The molecule has 3 aromatic carbocycles. The lowest BCUT2D eigenvalue weighted by Crippen LogP contribution is -2.43. The van der Waals surface area contributed by atoms with Gasteiger partial charge in [-0.05, 0) is 47.9 Å². The van der Waals surface area contributed by atoms with Gasteiger partial charge in [0.15, 0.2) is 0 Å². The average molecular weight is 436 g/mol. The topological polar surface area (TPSA) is 78.5 Å². The molecule has 0 aromatic heterocycles. The first kappa shape index (κ1) is 20.9. The Bertz CT molecular complexity index is 1200. The maximum Gasteiger partial charge on any atom is 0.325 e. The van der Waals surface area contributed by atoms with E-state index in [1.807, 2.05) is 54.6 Å². The number of benzene rings is 3. The summed E-state index contributed by atoms with van der Waals surface area (Å²) in [5.41, 5.74) is 0.183. The van der Waals surface area contributed by atoms with Gasteiger partial charge in [0.25, 0.3) is 5.91 Å². The molecule has 0 bridgehead atoms. The maximum absolute atomic E-state index is 13.2. The number of nitrogens with one attached hydrogen (secondary N) is 2. The summed E-state index contributed by atoms with van der Waals surface area (Å²) < 4.78 is 0. The van der Waals surface area contributed by atoms with Crippen LogP contribution in [0.2, 0.25) is 5.02 Å². The first-order valence-electron chi connectivity index (χ1n) is 9.97. The fourth-order valence-corrected chi connectivity index (χ4v) is 4.17. The van der Waals surface area contributed by atoms with Crippen LogP contribution >= 0.6 is 11.6 Å². The van der Waals surface area contributed by atoms with Crippen LogP contribution in [0.1, 0.15) is 31.0 Å². The van der Waals surface area contributed by atoms with Gasteiger partial charge in [-0.25, -0.2) is 4.79 Å². The largest absolute Gasteiger partial charge is 0.348 e. The molecule has 0 saturated carbocycles. The van der Waals surface area contributed by atoms with Crippen LogP contribution in [-0.4, -0.2) is 29.3 Å². The van der Waals surface area contributed by atoms with Crippen LogP contribution in [0, 0.1) is 0 Å². The number of hydrogen-bond acceptors (Lipinski definition) is 3. The third-order valence-electron chi connectivity index (χ3n) is 5.65. The smallest absolute Gasteiger partial charge is 0.325 e. The van der Waals surface area contributed by atoms with Crippen LogP contribution in [0.15, 0.2) is 66.7 Å². The highest BCUT2D eigenvalue weighted by molar-refractivity contribution is 6.31. The van der Waals surface area contributed by atoms with Gasteiger partial charge < -0.3 is 10.6 Å². The zero-order valence-corrected chi connectivity index (χ0v) is 17.9. The minimum absolute atomic E-state index is 0.367. The highest BCUT2D eigenvalue weighted by Gasteiger charge is 2.49. The van der Waals surface area contributed by atoms with E-state index in [-0.39, 0.29) is 12.6 Å². The van der Waals surface area contributed by atoms with Gasteiger partial charge in [0.05, 0.1) is 6.04 Å². The lowest BCUT2D eigenvalue weighted by atomic mass is 9.90. The number of imide groups is 1. The van der Waals surface area contributed by atoms with E-state index in [0.29, 0.717) is 10.6 Å². The van der Waals surface area contributed by atoms with Crippen LogP contribution in [0.4, 0.5) is 4.79 Å². The van der Waals surface area contributed by atoms with E-state index < -0.39 is 23.4 Å². The summed E-state index contributed by atoms with van der Waals surface area (Å²) in [4.78, 5) is 39.3. The summed E-state index contributed by atoms with van der Waals surface area (Å²) in [6.07, 6.45) is 0. The second kappa shape index (κ2) is 8.04. The summed E-state index contributed by atoms with van der Waals surface area (Å²) in [7, 11) is 0. The van der Waals surface area contributed by atoms with Gasteiger partial charge in [-0.3, -0.25) is 14.5 Å². The third kappa shape index (κ3) is 3.86. The molecule has 1 aliphatic heterocycles. The number of nitrogens with zero attached hydrogens (tertiary/aromatic N) is 1. The van der Waals surface area contributed by atoms with Crippen molar-refractivity contribution >= 4 is 40.2 Å². The van der Waals surface area contributed by atoms with Crippen molar-refractivity contribution in [3.05, 3.63) is 82.9 Å². The van der Waals surface area contributed by atoms with Gasteiger partial charge in [-0.15, -0.1) is 0 Å². The molecule has 31 heavy (non-hydrogen) atoms. The van der Waals surface area contributed by atoms with Crippen LogP contribution in [0.3, 0.4) is 0 Å². The highest BCUT2D eigenvalue weighted by Crippen LogP contribution is 2.31. The predicted octanol–water partition coefficient (Wildman–Crippen LogP) is 4.14. The van der Waals surface area contributed by atoms with Crippen molar-refractivity contribution in [2.75, 3.05) is 6.54 Å². The molecule has 1 saturated heterocycles. The molecule has 4 amide bonds. The summed E-state index contributed by atoms with van der Waals surface area (Å²) >= 11 is 6.19. The Kier molecular flexibility index (Phi) is 5.41. The number of carbonyl (C=O) groups is 3. The van der Waals surface area contributed by atoms with Gasteiger partial charge in [-0.1, -0.05) is 66.2 Å². The zero-order valence-electron chi connectivity index (χ0n) is 17.2. The number of amides is 4. The SMILES string of the molecule is CC(NC(=O)CN1C(=O)NC(C)(c2ccc3ccccc3c2)C1=O)c1ccccc1Cl. The van der Waals surface area contributed by atoms with Gasteiger partial charge >= 0.3 is 6.03 Å². The Hall–Kier alpha value is -3.38. The molecule has 4 rings (SSSR count). The molecule has 0 spiro atoms. The normalized spacial score (nSPS) is 19.4. The minimum atomic E-state index is -1.24. The van der Waals surface area contributed by atoms with E-state index in [0.717, 1.165) is 21.2 Å². The number of fused-ring (bicyclic) bond motifs is 1. The fraction of sp³-hybridized carbons (Fsp3) is 0.208. The lowest BCUT2D eigenvalue weighted by molar-refractivity contribution is -0.135. The molecule has 7 heteroatoms. The van der Waals surface area contributed by atoms with Crippen molar-refractivity contribution in [3.8, 4) is 0 Å². The van der Waals surface area contributed by atoms with Gasteiger partial charge in [0.1, 0.15) is 12.1 Å². The Labute approximate surface area is 185 Å². The van der Waals surface area contributed by atoms with E-state index >= 15 is 0 Å². The predicted molar refractivity (Wildman–Crippen MR) is 120 cm³/mol. The second-order valence-electron chi connectivity index (χ2n) is 7.82.